The van der Waals surface area contributed by atoms with Crippen LogP contribution in [0.15, 0.2) is 18.3 Å². The SMILES string of the molecule is NC(CCN1CCC2CCCCC21)c1ccc(F)cn1. The molecule has 0 aromatic carbocycles. The molecule has 2 heterocycles. The van der Waals surface area contributed by atoms with Crippen LogP contribution in [0.2, 0.25) is 0 Å². The lowest BCUT2D eigenvalue weighted by Gasteiger charge is -2.32. The highest BCUT2D eigenvalue weighted by atomic mass is 19.1. The van der Waals surface area contributed by atoms with Crippen molar-refractivity contribution in [3.8, 4) is 0 Å². The predicted octanol–water partition coefficient (Wildman–Crippen LogP) is 2.88. The minimum atomic E-state index is -0.300. The van der Waals surface area contributed by atoms with E-state index in [4.69, 9.17) is 5.73 Å². The summed E-state index contributed by atoms with van der Waals surface area (Å²) in [4.78, 5) is 6.70. The molecule has 1 aliphatic carbocycles. The van der Waals surface area contributed by atoms with E-state index in [0.29, 0.717) is 0 Å². The molecule has 0 bridgehead atoms. The Morgan fingerprint density at radius 3 is 2.95 bits per heavy atom. The molecular formula is C16H24FN3. The van der Waals surface area contributed by atoms with Gasteiger partial charge in [-0.25, -0.2) is 4.39 Å². The summed E-state index contributed by atoms with van der Waals surface area (Å²) in [6.45, 7) is 2.26. The third-order valence-corrected chi connectivity index (χ3v) is 4.98. The summed E-state index contributed by atoms with van der Waals surface area (Å²) in [6, 6.07) is 3.85. The van der Waals surface area contributed by atoms with Gasteiger partial charge in [-0.1, -0.05) is 12.8 Å². The normalized spacial score (nSPS) is 28.3. The lowest BCUT2D eigenvalue weighted by molar-refractivity contribution is 0.177. The zero-order valence-electron chi connectivity index (χ0n) is 12.0. The first-order chi connectivity index (χ1) is 9.74. The van der Waals surface area contributed by atoms with Crippen molar-refractivity contribution in [2.75, 3.05) is 13.1 Å². The molecule has 1 saturated heterocycles. The third kappa shape index (κ3) is 3.01. The summed E-state index contributed by atoms with van der Waals surface area (Å²) in [7, 11) is 0. The van der Waals surface area contributed by atoms with Gasteiger partial charge in [0.25, 0.3) is 0 Å². The van der Waals surface area contributed by atoms with E-state index in [2.05, 4.69) is 9.88 Å². The zero-order valence-corrected chi connectivity index (χ0v) is 12.0. The number of pyridine rings is 1. The van der Waals surface area contributed by atoms with Crippen molar-refractivity contribution in [3.63, 3.8) is 0 Å². The van der Waals surface area contributed by atoms with Crippen LogP contribution in [0.3, 0.4) is 0 Å². The highest BCUT2D eigenvalue weighted by Gasteiger charge is 2.35. The number of likely N-dealkylation sites (tertiary alicyclic amines) is 1. The second-order valence-electron chi connectivity index (χ2n) is 6.23. The average molecular weight is 277 g/mol. The fourth-order valence-corrected chi connectivity index (χ4v) is 3.84. The molecule has 20 heavy (non-hydrogen) atoms. The van der Waals surface area contributed by atoms with Gasteiger partial charge in [-0.15, -0.1) is 0 Å². The van der Waals surface area contributed by atoms with Gasteiger partial charge in [0.2, 0.25) is 0 Å². The Morgan fingerprint density at radius 1 is 1.30 bits per heavy atom. The molecule has 3 atom stereocenters. The fraction of sp³-hybridized carbons (Fsp3) is 0.688. The molecule has 3 nitrogen and oxygen atoms in total. The molecule has 2 fully saturated rings. The van der Waals surface area contributed by atoms with E-state index < -0.39 is 0 Å². The molecule has 1 aliphatic heterocycles. The van der Waals surface area contributed by atoms with E-state index >= 15 is 0 Å². The van der Waals surface area contributed by atoms with Crippen LogP contribution in [0, 0.1) is 11.7 Å². The number of aromatic nitrogens is 1. The van der Waals surface area contributed by atoms with Gasteiger partial charge in [-0.2, -0.15) is 0 Å². The van der Waals surface area contributed by atoms with Gasteiger partial charge in [-0.05, 0) is 50.3 Å². The second-order valence-corrected chi connectivity index (χ2v) is 6.23. The van der Waals surface area contributed by atoms with E-state index in [1.807, 2.05) is 0 Å². The number of nitrogens with zero attached hydrogens (tertiary/aromatic N) is 2. The van der Waals surface area contributed by atoms with Crippen molar-refractivity contribution in [2.45, 2.75) is 50.6 Å². The fourth-order valence-electron chi connectivity index (χ4n) is 3.84. The van der Waals surface area contributed by atoms with E-state index in [1.54, 1.807) is 6.07 Å². The van der Waals surface area contributed by atoms with E-state index in [9.17, 15) is 4.39 Å². The van der Waals surface area contributed by atoms with Gasteiger partial charge in [-0.3, -0.25) is 4.98 Å². The summed E-state index contributed by atoms with van der Waals surface area (Å²) in [5, 5.41) is 0. The standard InChI is InChI=1S/C16H24FN3/c17-13-5-6-15(19-11-13)14(18)8-10-20-9-7-12-3-1-2-4-16(12)20/h5-6,11-12,14,16H,1-4,7-10,18H2. The molecule has 2 aliphatic rings. The molecule has 1 aromatic heterocycles. The summed E-state index contributed by atoms with van der Waals surface area (Å²) >= 11 is 0. The molecule has 1 aromatic rings. The highest BCUT2D eigenvalue weighted by Crippen LogP contribution is 2.36. The first kappa shape index (κ1) is 14.0. The predicted molar refractivity (Wildman–Crippen MR) is 77.7 cm³/mol. The van der Waals surface area contributed by atoms with E-state index in [1.165, 1.54) is 50.9 Å². The molecule has 110 valence electrons. The maximum Gasteiger partial charge on any atom is 0.141 e. The summed E-state index contributed by atoms with van der Waals surface area (Å²) < 4.78 is 12.9. The molecule has 3 rings (SSSR count). The van der Waals surface area contributed by atoms with Gasteiger partial charge < -0.3 is 10.6 Å². The van der Waals surface area contributed by atoms with Gasteiger partial charge in [0.1, 0.15) is 5.82 Å². The van der Waals surface area contributed by atoms with Crippen LogP contribution in [-0.2, 0) is 0 Å². The monoisotopic (exact) mass is 277 g/mol. The van der Waals surface area contributed by atoms with E-state index in [-0.39, 0.29) is 11.9 Å². The maximum absolute atomic E-state index is 12.9. The highest BCUT2D eigenvalue weighted by molar-refractivity contribution is 5.09. The number of hydrogen-bond acceptors (Lipinski definition) is 3. The number of halogens is 1. The Hall–Kier alpha value is -1.00. The Labute approximate surface area is 120 Å². The molecule has 3 unspecified atom stereocenters. The summed E-state index contributed by atoms with van der Waals surface area (Å²) in [5.41, 5.74) is 6.98. The lowest BCUT2D eigenvalue weighted by atomic mass is 9.85. The van der Waals surface area contributed by atoms with Crippen molar-refractivity contribution in [3.05, 3.63) is 29.8 Å². The molecule has 0 amide bonds. The van der Waals surface area contributed by atoms with Crippen LogP contribution in [0.1, 0.15) is 50.3 Å². The summed E-state index contributed by atoms with van der Waals surface area (Å²) in [5.74, 6) is 0.620. The Balaban J connectivity index is 1.52. The van der Waals surface area contributed by atoms with E-state index in [0.717, 1.165) is 30.6 Å². The summed E-state index contributed by atoms with van der Waals surface area (Å²) in [6.07, 6.45) is 9.07. The Kier molecular flexibility index (Phi) is 4.32. The van der Waals surface area contributed by atoms with Crippen molar-refractivity contribution in [1.82, 2.24) is 9.88 Å². The van der Waals surface area contributed by atoms with Crippen molar-refractivity contribution in [1.29, 1.82) is 0 Å². The van der Waals surface area contributed by atoms with Crippen LogP contribution in [0.25, 0.3) is 0 Å². The van der Waals surface area contributed by atoms with Crippen LogP contribution < -0.4 is 5.73 Å². The second kappa shape index (κ2) is 6.19. The van der Waals surface area contributed by atoms with Gasteiger partial charge in [0.05, 0.1) is 11.9 Å². The Morgan fingerprint density at radius 2 is 2.15 bits per heavy atom. The van der Waals surface area contributed by atoms with Gasteiger partial charge >= 0.3 is 0 Å². The minimum Gasteiger partial charge on any atom is -0.323 e. The first-order valence-corrected chi connectivity index (χ1v) is 7.85. The van der Waals surface area contributed by atoms with Crippen molar-refractivity contribution < 1.29 is 4.39 Å². The number of hydrogen-bond donors (Lipinski definition) is 1. The average Bonchev–Trinajstić information content (AvgIpc) is 2.89. The van der Waals surface area contributed by atoms with Gasteiger partial charge in [0, 0.05) is 18.6 Å². The van der Waals surface area contributed by atoms with Crippen molar-refractivity contribution in [2.24, 2.45) is 11.7 Å². The molecule has 1 saturated carbocycles. The largest absolute Gasteiger partial charge is 0.323 e. The smallest absolute Gasteiger partial charge is 0.141 e. The minimum absolute atomic E-state index is 0.0850. The topological polar surface area (TPSA) is 42.1 Å². The third-order valence-electron chi connectivity index (χ3n) is 4.98. The Bertz CT molecular complexity index is 434. The van der Waals surface area contributed by atoms with Crippen LogP contribution >= 0.6 is 0 Å². The van der Waals surface area contributed by atoms with Crippen LogP contribution in [-0.4, -0.2) is 29.0 Å². The number of nitrogens with two attached hydrogens (primary N) is 1. The maximum atomic E-state index is 12.9. The quantitative estimate of drug-likeness (QED) is 0.920. The molecule has 0 spiro atoms. The van der Waals surface area contributed by atoms with Crippen LogP contribution in [0.5, 0.6) is 0 Å². The number of fused-ring (bicyclic) bond motifs is 1. The molecule has 4 heteroatoms. The molecular weight excluding hydrogens is 253 g/mol. The van der Waals surface area contributed by atoms with Gasteiger partial charge in [0.15, 0.2) is 0 Å². The lowest BCUT2D eigenvalue weighted by Crippen LogP contribution is -2.36. The van der Waals surface area contributed by atoms with Crippen LogP contribution in [0.4, 0.5) is 4.39 Å². The van der Waals surface area contributed by atoms with Crippen molar-refractivity contribution >= 4 is 0 Å². The first-order valence-electron chi connectivity index (χ1n) is 7.85. The number of rotatable bonds is 4. The molecule has 2 N–H and O–H groups in total. The zero-order chi connectivity index (χ0) is 13.9. The molecule has 0 radical (unpaired) electrons.